The molecular weight excluding hydrogens is 227 g/mol. The number of alkyl halides is 3. The number of methoxy groups -OCH3 is 1. The second-order valence-electron chi connectivity index (χ2n) is 2.32. The van der Waals surface area contributed by atoms with E-state index in [9.17, 15) is 0 Å². The van der Waals surface area contributed by atoms with Gasteiger partial charge in [-0.3, -0.25) is 0 Å². The summed E-state index contributed by atoms with van der Waals surface area (Å²) in [6.07, 6.45) is 2.00. The Balaban J connectivity index is 2.20. The van der Waals surface area contributed by atoms with Gasteiger partial charge in [-0.05, 0) is 0 Å². The molecule has 0 unspecified atom stereocenters. The molecule has 0 radical (unpaired) electrons. The molecule has 1 heterocycles. The van der Waals surface area contributed by atoms with Crippen LogP contribution in [0.2, 0.25) is 0 Å². The van der Waals surface area contributed by atoms with Crippen LogP contribution in [0.3, 0.4) is 0 Å². The van der Waals surface area contributed by atoms with Gasteiger partial charge >= 0.3 is 64.4 Å². The van der Waals surface area contributed by atoms with E-state index in [1.807, 2.05) is 7.11 Å². The Labute approximate surface area is 64.5 Å². The van der Waals surface area contributed by atoms with Crippen molar-refractivity contribution in [1.82, 2.24) is 0 Å². The van der Waals surface area contributed by atoms with Crippen LogP contribution >= 0.6 is 19.8 Å². The fourth-order valence-corrected chi connectivity index (χ4v) is 6.69. The number of ether oxygens (including phenoxy) is 1. The van der Waals surface area contributed by atoms with Gasteiger partial charge in [0.15, 0.2) is 0 Å². The van der Waals surface area contributed by atoms with Crippen LogP contribution in [0.25, 0.3) is 0 Å². The molecule has 0 aromatic rings. The first-order valence-electron chi connectivity index (χ1n) is 3.47. The molecule has 1 aliphatic heterocycles. The first kappa shape index (κ1) is 7.79. The fourth-order valence-electron chi connectivity index (χ4n) is 1.10. The zero-order chi connectivity index (χ0) is 6.69. The minimum absolute atomic E-state index is 0.416. The molecule has 0 N–H and O–H groups in total. The van der Waals surface area contributed by atoms with Crippen LogP contribution in [-0.2, 0) is 4.74 Å². The van der Waals surface area contributed by atoms with E-state index in [1.54, 1.807) is 4.43 Å². The zero-order valence-corrected chi connectivity index (χ0v) is 8.35. The van der Waals surface area contributed by atoms with Gasteiger partial charge in [-0.1, -0.05) is 0 Å². The minimum atomic E-state index is -0.416. The zero-order valence-electron chi connectivity index (χ0n) is 6.19. The van der Waals surface area contributed by atoms with Crippen molar-refractivity contribution >= 4 is 19.8 Å². The van der Waals surface area contributed by atoms with Crippen molar-refractivity contribution in [2.75, 3.05) is 20.4 Å². The SMILES string of the molecule is CCI1CC[C@H](OC)C1. The van der Waals surface area contributed by atoms with Crippen molar-refractivity contribution in [1.29, 1.82) is 0 Å². The molecule has 1 fully saturated rings. The van der Waals surface area contributed by atoms with Crippen molar-refractivity contribution in [3.63, 3.8) is 0 Å². The molecule has 1 atom stereocenters. The van der Waals surface area contributed by atoms with E-state index in [4.69, 9.17) is 4.74 Å². The Bertz CT molecular complexity index is 75.0. The number of rotatable bonds is 2. The predicted octanol–water partition coefficient (Wildman–Crippen LogP) is 1.93. The molecular formula is C7H15IO. The van der Waals surface area contributed by atoms with Gasteiger partial charge in [0.1, 0.15) is 0 Å². The van der Waals surface area contributed by atoms with Crippen LogP contribution < -0.4 is 0 Å². The topological polar surface area (TPSA) is 9.23 Å². The molecule has 0 bridgehead atoms. The average Bonchev–Trinajstić information content (AvgIpc) is 2.34. The summed E-state index contributed by atoms with van der Waals surface area (Å²) in [4.78, 5) is 0. The second-order valence-corrected chi connectivity index (χ2v) is 9.05. The van der Waals surface area contributed by atoms with Crippen molar-refractivity contribution < 1.29 is 4.74 Å². The summed E-state index contributed by atoms with van der Waals surface area (Å²) in [5.74, 6) is 0. The molecule has 2 heteroatoms. The third kappa shape index (κ3) is 2.08. The van der Waals surface area contributed by atoms with E-state index in [0.717, 1.165) is 0 Å². The molecule has 1 aliphatic rings. The molecule has 0 aliphatic carbocycles. The summed E-state index contributed by atoms with van der Waals surface area (Å²) >= 11 is -0.416. The Morgan fingerprint density at radius 1 is 1.67 bits per heavy atom. The molecule has 1 rings (SSSR count). The van der Waals surface area contributed by atoms with Crippen LogP contribution in [0.5, 0.6) is 0 Å². The fraction of sp³-hybridized carbons (Fsp3) is 1.00. The van der Waals surface area contributed by atoms with Gasteiger partial charge in [0, 0.05) is 0 Å². The second kappa shape index (κ2) is 3.76. The third-order valence-electron chi connectivity index (χ3n) is 1.80. The molecule has 9 heavy (non-hydrogen) atoms. The Hall–Kier alpha value is 0.690. The average molecular weight is 242 g/mol. The summed E-state index contributed by atoms with van der Waals surface area (Å²) in [6, 6.07) is 0. The molecule has 0 amide bonds. The van der Waals surface area contributed by atoms with E-state index in [1.165, 1.54) is 15.3 Å². The quantitative estimate of drug-likeness (QED) is 0.531. The van der Waals surface area contributed by atoms with Gasteiger partial charge in [0.05, 0.1) is 0 Å². The molecule has 0 saturated carbocycles. The summed E-state index contributed by atoms with van der Waals surface area (Å²) in [6.45, 7) is 2.34. The van der Waals surface area contributed by atoms with E-state index in [2.05, 4.69) is 6.92 Å². The van der Waals surface area contributed by atoms with Gasteiger partial charge in [-0.15, -0.1) is 0 Å². The molecule has 0 spiro atoms. The van der Waals surface area contributed by atoms with Gasteiger partial charge in [-0.2, -0.15) is 0 Å². The molecule has 0 aromatic heterocycles. The Morgan fingerprint density at radius 3 is 2.78 bits per heavy atom. The summed E-state index contributed by atoms with van der Waals surface area (Å²) < 4.78 is 9.77. The molecule has 56 valence electrons. The normalized spacial score (nSPS) is 31.3. The molecule has 1 saturated heterocycles. The maximum absolute atomic E-state index is 5.28. The Morgan fingerprint density at radius 2 is 2.44 bits per heavy atom. The van der Waals surface area contributed by atoms with Crippen LogP contribution in [0.15, 0.2) is 0 Å². The van der Waals surface area contributed by atoms with E-state index >= 15 is 0 Å². The van der Waals surface area contributed by atoms with Crippen molar-refractivity contribution in [3.05, 3.63) is 0 Å². The van der Waals surface area contributed by atoms with Crippen LogP contribution in [-0.4, -0.2) is 26.5 Å². The molecule has 0 aromatic carbocycles. The van der Waals surface area contributed by atoms with Crippen LogP contribution in [0, 0.1) is 0 Å². The number of hydrogen-bond acceptors (Lipinski definition) is 1. The van der Waals surface area contributed by atoms with Gasteiger partial charge in [0.25, 0.3) is 0 Å². The Kier molecular flexibility index (Phi) is 3.26. The summed E-state index contributed by atoms with van der Waals surface area (Å²) in [5.41, 5.74) is 0. The predicted molar refractivity (Wildman–Crippen MR) is 49.7 cm³/mol. The number of hydrogen-bond donors (Lipinski definition) is 0. The van der Waals surface area contributed by atoms with E-state index in [0.29, 0.717) is 6.10 Å². The van der Waals surface area contributed by atoms with E-state index in [-0.39, 0.29) is 0 Å². The van der Waals surface area contributed by atoms with Gasteiger partial charge < -0.3 is 0 Å². The first-order valence-corrected chi connectivity index (χ1v) is 8.05. The molecule has 1 nitrogen and oxygen atoms in total. The summed E-state index contributed by atoms with van der Waals surface area (Å²) in [5, 5.41) is 0. The van der Waals surface area contributed by atoms with E-state index < -0.39 is 19.8 Å². The maximum atomic E-state index is 5.28. The van der Waals surface area contributed by atoms with Crippen molar-refractivity contribution in [2.45, 2.75) is 19.4 Å². The van der Waals surface area contributed by atoms with Crippen molar-refractivity contribution in [3.8, 4) is 0 Å². The van der Waals surface area contributed by atoms with Crippen molar-refractivity contribution in [2.24, 2.45) is 0 Å². The van der Waals surface area contributed by atoms with Gasteiger partial charge in [0.2, 0.25) is 0 Å². The standard InChI is InChI=1S/C7H15IO/c1-3-8-5-4-7(6-8)9-2/h7H,3-6H2,1-2H3/t7-/m0/s1. The van der Waals surface area contributed by atoms with Crippen LogP contribution in [0.4, 0.5) is 0 Å². The van der Waals surface area contributed by atoms with Gasteiger partial charge in [-0.25, -0.2) is 0 Å². The monoisotopic (exact) mass is 242 g/mol. The number of halogens is 1. The summed E-state index contributed by atoms with van der Waals surface area (Å²) in [7, 11) is 1.85. The first-order chi connectivity index (χ1) is 4.36. The third-order valence-corrected chi connectivity index (χ3v) is 8.33. The van der Waals surface area contributed by atoms with Crippen LogP contribution in [0.1, 0.15) is 13.3 Å².